The maximum Gasteiger partial charge on any atom is 0.244 e. The van der Waals surface area contributed by atoms with Crippen LogP contribution in [0.4, 0.5) is 0 Å². The van der Waals surface area contributed by atoms with Crippen molar-refractivity contribution in [3.05, 3.63) is 16.5 Å². The van der Waals surface area contributed by atoms with Crippen LogP contribution < -0.4 is 10.5 Å². The highest BCUT2D eigenvalue weighted by atomic mass is 79.9. The fourth-order valence-corrected chi connectivity index (χ4v) is 3.21. The molecule has 1 aromatic heterocycles. The van der Waals surface area contributed by atoms with Gasteiger partial charge in [0.1, 0.15) is 10.7 Å². The minimum atomic E-state index is -3.50. The molecule has 1 rings (SSSR count). The summed E-state index contributed by atoms with van der Waals surface area (Å²) >= 11 is 3.06. The SMILES string of the molecule is CCCCNS(=O)(=O)c1cc(CN)oc1Br. The highest BCUT2D eigenvalue weighted by Crippen LogP contribution is 2.25. The van der Waals surface area contributed by atoms with E-state index in [1.807, 2.05) is 6.92 Å². The van der Waals surface area contributed by atoms with E-state index >= 15 is 0 Å². The van der Waals surface area contributed by atoms with Gasteiger partial charge in [-0.15, -0.1) is 0 Å². The second kappa shape index (κ2) is 5.81. The van der Waals surface area contributed by atoms with Gasteiger partial charge in [0.15, 0.2) is 4.67 Å². The van der Waals surface area contributed by atoms with Crippen molar-refractivity contribution in [1.82, 2.24) is 4.72 Å². The van der Waals surface area contributed by atoms with Gasteiger partial charge < -0.3 is 10.2 Å². The number of hydrogen-bond acceptors (Lipinski definition) is 4. The zero-order chi connectivity index (χ0) is 12.2. The number of furan rings is 1. The van der Waals surface area contributed by atoms with Crippen molar-refractivity contribution in [2.75, 3.05) is 6.54 Å². The van der Waals surface area contributed by atoms with E-state index in [1.54, 1.807) is 0 Å². The monoisotopic (exact) mass is 310 g/mol. The van der Waals surface area contributed by atoms with Crippen LogP contribution in [-0.2, 0) is 16.6 Å². The van der Waals surface area contributed by atoms with E-state index in [4.69, 9.17) is 10.2 Å². The maximum atomic E-state index is 11.8. The summed E-state index contributed by atoms with van der Waals surface area (Å²) in [6.07, 6.45) is 1.74. The summed E-state index contributed by atoms with van der Waals surface area (Å²) in [6, 6.07) is 1.43. The summed E-state index contributed by atoms with van der Waals surface area (Å²) in [5.74, 6) is 0.433. The molecule has 0 atom stereocenters. The normalized spacial score (nSPS) is 11.9. The van der Waals surface area contributed by atoms with Crippen LogP contribution in [0.3, 0.4) is 0 Å². The molecule has 0 radical (unpaired) electrons. The molecule has 16 heavy (non-hydrogen) atoms. The first-order valence-electron chi connectivity index (χ1n) is 4.99. The molecule has 92 valence electrons. The lowest BCUT2D eigenvalue weighted by atomic mass is 10.3. The lowest BCUT2D eigenvalue weighted by molar-refractivity contribution is 0.483. The Morgan fingerprint density at radius 2 is 2.25 bits per heavy atom. The smallest absolute Gasteiger partial charge is 0.244 e. The summed E-state index contributed by atoms with van der Waals surface area (Å²) in [6.45, 7) is 2.59. The molecule has 3 N–H and O–H groups in total. The van der Waals surface area contributed by atoms with Crippen LogP contribution in [0.15, 0.2) is 20.0 Å². The third kappa shape index (κ3) is 3.31. The van der Waals surface area contributed by atoms with Crippen molar-refractivity contribution in [2.45, 2.75) is 31.2 Å². The van der Waals surface area contributed by atoms with Gasteiger partial charge in [-0.25, -0.2) is 13.1 Å². The Morgan fingerprint density at radius 1 is 1.56 bits per heavy atom. The van der Waals surface area contributed by atoms with E-state index in [1.165, 1.54) is 6.07 Å². The predicted molar refractivity (Wildman–Crippen MR) is 64.4 cm³/mol. The number of halogens is 1. The third-order valence-corrected chi connectivity index (χ3v) is 4.34. The molecule has 7 heteroatoms. The van der Waals surface area contributed by atoms with Gasteiger partial charge in [0.2, 0.25) is 10.0 Å². The molecule has 0 spiro atoms. The maximum absolute atomic E-state index is 11.8. The van der Waals surface area contributed by atoms with Gasteiger partial charge in [0, 0.05) is 12.6 Å². The second-order valence-corrected chi connectivity index (χ2v) is 5.76. The van der Waals surface area contributed by atoms with Crippen LogP contribution in [0.2, 0.25) is 0 Å². The van der Waals surface area contributed by atoms with E-state index in [-0.39, 0.29) is 16.1 Å². The molecule has 1 heterocycles. The van der Waals surface area contributed by atoms with E-state index in [9.17, 15) is 8.42 Å². The Kier molecular flexibility index (Phi) is 4.97. The van der Waals surface area contributed by atoms with Crippen LogP contribution in [0.25, 0.3) is 0 Å². The molecule has 0 aliphatic rings. The number of hydrogen-bond donors (Lipinski definition) is 2. The molecule has 0 aliphatic carbocycles. The van der Waals surface area contributed by atoms with Crippen molar-refractivity contribution in [3.8, 4) is 0 Å². The van der Waals surface area contributed by atoms with Gasteiger partial charge >= 0.3 is 0 Å². The number of sulfonamides is 1. The first-order valence-corrected chi connectivity index (χ1v) is 7.26. The van der Waals surface area contributed by atoms with E-state index in [0.29, 0.717) is 12.3 Å². The molecule has 0 amide bonds. The lowest BCUT2D eigenvalue weighted by Gasteiger charge is -2.03. The predicted octanol–water partition coefficient (Wildman–Crippen LogP) is 1.58. The number of nitrogens with two attached hydrogens (primary N) is 1. The Labute approximate surface area is 104 Å². The van der Waals surface area contributed by atoms with Crippen molar-refractivity contribution in [2.24, 2.45) is 5.73 Å². The van der Waals surface area contributed by atoms with Gasteiger partial charge in [0.05, 0.1) is 6.54 Å². The van der Waals surface area contributed by atoms with Crippen LogP contribution >= 0.6 is 15.9 Å². The highest BCUT2D eigenvalue weighted by Gasteiger charge is 2.21. The molecular formula is C9H15BrN2O3S. The van der Waals surface area contributed by atoms with Crippen LogP contribution in [0.5, 0.6) is 0 Å². The van der Waals surface area contributed by atoms with Crippen LogP contribution in [0.1, 0.15) is 25.5 Å². The molecule has 0 saturated carbocycles. The summed E-state index contributed by atoms with van der Waals surface area (Å²) in [5.41, 5.74) is 5.37. The fraction of sp³-hybridized carbons (Fsp3) is 0.556. The zero-order valence-corrected chi connectivity index (χ0v) is 11.4. The average Bonchev–Trinajstić information content (AvgIpc) is 2.60. The Balaban J connectivity index is 2.85. The van der Waals surface area contributed by atoms with Gasteiger partial charge in [-0.1, -0.05) is 13.3 Å². The van der Waals surface area contributed by atoms with E-state index in [2.05, 4.69) is 20.7 Å². The van der Waals surface area contributed by atoms with Gasteiger partial charge in [0.25, 0.3) is 0 Å². The van der Waals surface area contributed by atoms with Gasteiger partial charge in [-0.05, 0) is 22.4 Å². The number of nitrogens with one attached hydrogen (secondary N) is 1. The van der Waals surface area contributed by atoms with Crippen molar-refractivity contribution in [3.63, 3.8) is 0 Å². The molecule has 0 fully saturated rings. The van der Waals surface area contributed by atoms with Crippen molar-refractivity contribution >= 4 is 26.0 Å². The highest BCUT2D eigenvalue weighted by molar-refractivity contribution is 9.10. The number of unbranched alkanes of at least 4 members (excludes halogenated alkanes) is 1. The van der Waals surface area contributed by atoms with E-state index in [0.717, 1.165) is 12.8 Å². The van der Waals surface area contributed by atoms with Crippen molar-refractivity contribution < 1.29 is 12.8 Å². The van der Waals surface area contributed by atoms with Crippen LogP contribution in [-0.4, -0.2) is 15.0 Å². The van der Waals surface area contributed by atoms with Crippen molar-refractivity contribution in [1.29, 1.82) is 0 Å². The zero-order valence-electron chi connectivity index (χ0n) is 8.99. The Morgan fingerprint density at radius 3 is 2.75 bits per heavy atom. The summed E-state index contributed by atoms with van der Waals surface area (Å²) in [4.78, 5) is 0.101. The molecule has 0 unspecified atom stereocenters. The molecule has 0 bridgehead atoms. The molecule has 5 nitrogen and oxygen atoms in total. The Bertz CT molecular complexity index is 442. The molecule has 1 aromatic rings. The molecule has 0 aromatic carbocycles. The minimum absolute atomic E-state index is 0.101. The van der Waals surface area contributed by atoms with Gasteiger partial charge in [-0.3, -0.25) is 0 Å². The van der Waals surface area contributed by atoms with Gasteiger partial charge in [-0.2, -0.15) is 0 Å². The first kappa shape index (κ1) is 13.7. The second-order valence-electron chi connectivity index (χ2n) is 3.31. The summed E-state index contributed by atoms with van der Waals surface area (Å²) < 4.78 is 31.4. The summed E-state index contributed by atoms with van der Waals surface area (Å²) in [5, 5.41) is 0. The first-order chi connectivity index (χ1) is 7.51. The average molecular weight is 311 g/mol. The Hall–Kier alpha value is -0.370. The third-order valence-electron chi connectivity index (χ3n) is 2.02. The molecular weight excluding hydrogens is 296 g/mol. The summed E-state index contributed by atoms with van der Waals surface area (Å²) in [7, 11) is -3.50. The molecule has 0 aliphatic heterocycles. The number of rotatable bonds is 6. The van der Waals surface area contributed by atoms with E-state index < -0.39 is 10.0 Å². The quantitative estimate of drug-likeness (QED) is 0.781. The fourth-order valence-electron chi connectivity index (χ4n) is 1.14. The standard InChI is InChI=1S/C9H15BrN2O3S/c1-2-3-4-12-16(13,14)8-5-7(6-11)15-9(8)10/h5,12H,2-4,6,11H2,1H3. The minimum Gasteiger partial charge on any atom is -0.452 e. The topological polar surface area (TPSA) is 85.3 Å². The van der Waals surface area contributed by atoms with Crippen LogP contribution in [0, 0.1) is 0 Å². The molecule has 0 saturated heterocycles. The lowest BCUT2D eigenvalue weighted by Crippen LogP contribution is -2.24. The largest absolute Gasteiger partial charge is 0.452 e.